The summed E-state index contributed by atoms with van der Waals surface area (Å²) >= 11 is 0. The molecule has 1 heterocycles. The summed E-state index contributed by atoms with van der Waals surface area (Å²) in [6, 6.07) is 8.49. The molecular formula is C21H22F3N3O4S. The number of hydrogen-bond acceptors (Lipinski definition) is 5. The Hall–Kier alpha value is -2.63. The van der Waals surface area contributed by atoms with E-state index in [1.165, 1.54) is 30.3 Å². The average molecular weight is 469 g/mol. The number of benzene rings is 2. The smallest absolute Gasteiger partial charge is 0.378 e. The molecule has 1 amide bonds. The van der Waals surface area contributed by atoms with E-state index in [1.807, 2.05) is 4.90 Å². The second-order valence-electron chi connectivity index (χ2n) is 7.71. The van der Waals surface area contributed by atoms with Gasteiger partial charge in [0.05, 0.1) is 35.0 Å². The predicted molar refractivity (Wildman–Crippen MR) is 112 cm³/mol. The van der Waals surface area contributed by atoms with Crippen LogP contribution in [0.1, 0.15) is 28.8 Å². The highest BCUT2D eigenvalue weighted by atomic mass is 32.2. The molecule has 172 valence electrons. The Morgan fingerprint density at radius 3 is 2.44 bits per heavy atom. The number of amides is 1. The molecule has 0 aromatic heterocycles. The van der Waals surface area contributed by atoms with Gasteiger partial charge in [0.2, 0.25) is 10.0 Å². The summed E-state index contributed by atoms with van der Waals surface area (Å²) in [7, 11) is -3.78. The van der Waals surface area contributed by atoms with Crippen molar-refractivity contribution >= 4 is 27.3 Å². The summed E-state index contributed by atoms with van der Waals surface area (Å²) in [5, 5.41) is 2.53. The molecule has 2 aromatic carbocycles. The van der Waals surface area contributed by atoms with Crippen LogP contribution in [-0.4, -0.2) is 46.7 Å². The fourth-order valence-corrected chi connectivity index (χ4v) is 4.73. The molecule has 1 saturated carbocycles. The minimum absolute atomic E-state index is 0.00362. The molecule has 2 aliphatic rings. The van der Waals surface area contributed by atoms with Crippen LogP contribution in [0.25, 0.3) is 0 Å². The van der Waals surface area contributed by atoms with Gasteiger partial charge in [0, 0.05) is 24.7 Å². The second-order valence-corrected chi connectivity index (χ2v) is 9.42. The number of sulfonamides is 1. The third-order valence-corrected chi connectivity index (χ3v) is 6.75. The SMILES string of the molecule is O=C(Nc1cc(C(F)(F)F)ccc1N1CCOCC1)c1cccc(S(=O)(=O)NC2CC2)c1. The number of rotatable bonds is 6. The lowest BCUT2D eigenvalue weighted by Gasteiger charge is -2.31. The molecule has 1 aliphatic heterocycles. The van der Waals surface area contributed by atoms with E-state index in [0.717, 1.165) is 25.0 Å². The Bertz CT molecular complexity index is 1110. The summed E-state index contributed by atoms with van der Waals surface area (Å²) < 4.78 is 72.5. The van der Waals surface area contributed by atoms with E-state index in [4.69, 9.17) is 4.74 Å². The van der Waals surface area contributed by atoms with Crippen molar-refractivity contribution in [1.29, 1.82) is 0 Å². The molecule has 2 N–H and O–H groups in total. The molecule has 7 nitrogen and oxygen atoms in total. The van der Waals surface area contributed by atoms with Gasteiger partial charge in [0.15, 0.2) is 0 Å². The first-order valence-electron chi connectivity index (χ1n) is 10.1. The van der Waals surface area contributed by atoms with Gasteiger partial charge in [0.1, 0.15) is 0 Å². The quantitative estimate of drug-likeness (QED) is 0.678. The molecule has 1 aliphatic carbocycles. The zero-order valence-electron chi connectivity index (χ0n) is 17.0. The lowest BCUT2D eigenvalue weighted by Crippen LogP contribution is -2.36. The van der Waals surface area contributed by atoms with Crippen LogP contribution < -0.4 is 14.9 Å². The van der Waals surface area contributed by atoms with Gasteiger partial charge in [-0.15, -0.1) is 0 Å². The molecule has 11 heteroatoms. The van der Waals surface area contributed by atoms with Gasteiger partial charge >= 0.3 is 6.18 Å². The van der Waals surface area contributed by atoms with Crippen LogP contribution >= 0.6 is 0 Å². The van der Waals surface area contributed by atoms with Crippen LogP contribution in [0, 0.1) is 0 Å². The van der Waals surface area contributed by atoms with Gasteiger partial charge < -0.3 is 15.0 Å². The summed E-state index contributed by atoms with van der Waals surface area (Å²) in [6.45, 7) is 1.77. The Morgan fingerprint density at radius 2 is 1.78 bits per heavy atom. The predicted octanol–water partition coefficient (Wildman–Crippen LogP) is 3.24. The third kappa shape index (κ3) is 5.22. The molecule has 32 heavy (non-hydrogen) atoms. The normalized spacial score (nSPS) is 17.3. The number of morpholine rings is 1. The standard InChI is InChI=1S/C21H22F3N3O4S/c22-21(23,24)15-4-7-19(27-8-10-31-11-9-27)18(13-15)25-20(28)14-2-1-3-17(12-14)32(29,30)26-16-5-6-16/h1-4,7,12-13,16,26H,5-6,8-11H2,(H,25,28). The number of carbonyl (C=O) groups is 1. The van der Waals surface area contributed by atoms with E-state index in [-0.39, 0.29) is 22.2 Å². The first-order valence-corrected chi connectivity index (χ1v) is 11.6. The number of alkyl halides is 3. The molecule has 4 rings (SSSR count). The number of carbonyl (C=O) groups excluding carboxylic acids is 1. The van der Waals surface area contributed by atoms with Crippen molar-refractivity contribution in [2.45, 2.75) is 30.0 Å². The zero-order chi connectivity index (χ0) is 22.9. The van der Waals surface area contributed by atoms with Crippen molar-refractivity contribution in [2.24, 2.45) is 0 Å². The van der Waals surface area contributed by atoms with Crippen LogP contribution in [0.4, 0.5) is 24.5 Å². The number of nitrogens with zero attached hydrogens (tertiary/aromatic N) is 1. The van der Waals surface area contributed by atoms with Crippen LogP contribution in [0.15, 0.2) is 47.4 Å². The van der Waals surface area contributed by atoms with Crippen LogP contribution in [0.5, 0.6) is 0 Å². The van der Waals surface area contributed by atoms with E-state index in [9.17, 15) is 26.4 Å². The van der Waals surface area contributed by atoms with Crippen molar-refractivity contribution in [3.8, 4) is 0 Å². The Kier molecular flexibility index (Phi) is 6.15. The fraction of sp³-hybridized carbons (Fsp3) is 0.381. The lowest BCUT2D eigenvalue weighted by molar-refractivity contribution is -0.137. The minimum Gasteiger partial charge on any atom is -0.378 e. The lowest BCUT2D eigenvalue weighted by atomic mass is 10.1. The molecule has 2 fully saturated rings. The van der Waals surface area contributed by atoms with Crippen molar-refractivity contribution in [3.63, 3.8) is 0 Å². The van der Waals surface area contributed by atoms with Gasteiger partial charge in [-0.3, -0.25) is 4.79 Å². The van der Waals surface area contributed by atoms with E-state index in [1.54, 1.807) is 0 Å². The molecule has 2 aromatic rings. The Balaban J connectivity index is 1.62. The molecule has 0 unspecified atom stereocenters. The number of hydrogen-bond donors (Lipinski definition) is 2. The summed E-state index contributed by atoms with van der Waals surface area (Å²) in [6.07, 6.45) is -3.05. The molecule has 0 spiro atoms. The van der Waals surface area contributed by atoms with E-state index >= 15 is 0 Å². The topological polar surface area (TPSA) is 87.7 Å². The number of ether oxygens (including phenoxy) is 1. The number of anilines is 2. The Morgan fingerprint density at radius 1 is 1.06 bits per heavy atom. The minimum atomic E-state index is -4.58. The highest BCUT2D eigenvalue weighted by molar-refractivity contribution is 7.89. The number of nitrogens with one attached hydrogen (secondary N) is 2. The largest absolute Gasteiger partial charge is 0.416 e. The highest BCUT2D eigenvalue weighted by Gasteiger charge is 2.32. The maximum Gasteiger partial charge on any atom is 0.416 e. The maximum atomic E-state index is 13.3. The first-order chi connectivity index (χ1) is 15.1. The fourth-order valence-electron chi connectivity index (χ4n) is 3.38. The second kappa shape index (κ2) is 8.72. The highest BCUT2D eigenvalue weighted by Crippen LogP contribution is 2.36. The summed E-state index contributed by atoms with van der Waals surface area (Å²) in [5.74, 6) is -0.706. The molecular weight excluding hydrogens is 447 g/mol. The van der Waals surface area contributed by atoms with Crippen molar-refractivity contribution in [3.05, 3.63) is 53.6 Å². The van der Waals surface area contributed by atoms with Gasteiger partial charge in [-0.05, 0) is 49.2 Å². The molecule has 0 bridgehead atoms. The zero-order valence-corrected chi connectivity index (χ0v) is 17.8. The summed E-state index contributed by atoms with van der Waals surface area (Å²) in [5.41, 5.74) is -0.436. The average Bonchev–Trinajstić information content (AvgIpc) is 3.57. The molecule has 0 atom stereocenters. The van der Waals surface area contributed by atoms with Crippen LogP contribution in [-0.2, 0) is 20.9 Å². The van der Waals surface area contributed by atoms with Gasteiger partial charge in [0.25, 0.3) is 5.91 Å². The van der Waals surface area contributed by atoms with E-state index in [0.29, 0.717) is 32.0 Å². The van der Waals surface area contributed by atoms with E-state index in [2.05, 4.69) is 10.0 Å². The maximum absolute atomic E-state index is 13.3. The van der Waals surface area contributed by atoms with Crippen molar-refractivity contribution in [1.82, 2.24) is 4.72 Å². The summed E-state index contributed by atoms with van der Waals surface area (Å²) in [4.78, 5) is 14.6. The third-order valence-electron chi connectivity index (χ3n) is 5.23. The number of halogens is 3. The van der Waals surface area contributed by atoms with Gasteiger partial charge in [-0.2, -0.15) is 13.2 Å². The molecule has 0 radical (unpaired) electrons. The van der Waals surface area contributed by atoms with Gasteiger partial charge in [-0.25, -0.2) is 13.1 Å². The van der Waals surface area contributed by atoms with Crippen molar-refractivity contribution < 1.29 is 31.1 Å². The van der Waals surface area contributed by atoms with Crippen molar-refractivity contribution in [2.75, 3.05) is 36.5 Å². The van der Waals surface area contributed by atoms with Crippen LogP contribution in [0.3, 0.4) is 0 Å². The van der Waals surface area contributed by atoms with E-state index < -0.39 is 27.7 Å². The monoisotopic (exact) mass is 469 g/mol. The van der Waals surface area contributed by atoms with Crippen LogP contribution in [0.2, 0.25) is 0 Å². The van der Waals surface area contributed by atoms with Gasteiger partial charge in [-0.1, -0.05) is 6.07 Å². The molecule has 1 saturated heterocycles. The first kappa shape index (κ1) is 22.6. The Labute approximate surface area is 183 Å².